The SMILES string of the molecule is CCCCCCc1nc(-c2ccc(-c3nnc([C@@](C)(N)COP(=O)(O)O)s3)cc2)no1. The van der Waals surface area contributed by atoms with Gasteiger partial charge in [-0.25, -0.2) is 4.57 Å². The van der Waals surface area contributed by atoms with E-state index in [0.717, 1.165) is 30.4 Å². The number of hydrogen-bond donors (Lipinski definition) is 3. The number of phosphoric ester groups is 1. The fourth-order valence-corrected chi connectivity index (χ4v) is 4.12. The van der Waals surface area contributed by atoms with Crippen molar-refractivity contribution >= 4 is 19.2 Å². The maximum Gasteiger partial charge on any atom is 0.469 e. The molecule has 0 aliphatic carbocycles. The molecule has 3 aromatic rings. The quantitative estimate of drug-likeness (QED) is 0.281. The van der Waals surface area contributed by atoms with Gasteiger partial charge in [0.05, 0.1) is 12.1 Å². The van der Waals surface area contributed by atoms with Crippen molar-refractivity contribution in [1.82, 2.24) is 20.3 Å². The van der Waals surface area contributed by atoms with Crippen LogP contribution in [0, 0.1) is 0 Å². The van der Waals surface area contributed by atoms with E-state index in [1.165, 1.54) is 24.2 Å². The van der Waals surface area contributed by atoms with E-state index in [-0.39, 0.29) is 6.61 Å². The molecule has 2 aromatic heterocycles. The van der Waals surface area contributed by atoms with Gasteiger partial charge in [0.1, 0.15) is 10.0 Å². The minimum absolute atomic E-state index is 0.385. The van der Waals surface area contributed by atoms with Gasteiger partial charge in [0.15, 0.2) is 0 Å². The normalized spacial score (nSPS) is 14.0. The number of unbranched alkanes of at least 4 members (excludes halogenated alkanes) is 3. The van der Waals surface area contributed by atoms with Crippen molar-refractivity contribution in [3.63, 3.8) is 0 Å². The van der Waals surface area contributed by atoms with Crippen molar-refractivity contribution in [2.24, 2.45) is 5.73 Å². The molecule has 0 radical (unpaired) electrons. The van der Waals surface area contributed by atoms with Crippen LogP contribution in [-0.4, -0.2) is 36.7 Å². The Labute approximate surface area is 184 Å². The highest BCUT2D eigenvalue weighted by Gasteiger charge is 2.30. The lowest BCUT2D eigenvalue weighted by atomic mass is 10.1. The molecule has 1 aromatic carbocycles. The molecular formula is C19H26N5O5PS. The zero-order valence-corrected chi connectivity index (χ0v) is 19.1. The van der Waals surface area contributed by atoms with E-state index < -0.39 is 13.4 Å². The predicted molar refractivity (Wildman–Crippen MR) is 116 cm³/mol. The molecule has 0 spiro atoms. The second-order valence-corrected chi connectivity index (χ2v) is 9.71. The molecule has 168 valence electrons. The molecule has 0 saturated carbocycles. The number of nitrogens with two attached hydrogens (primary N) is 1. The van der Waals surface area contributed by atoms with Crippen molar-refractivity contribution in [3.8, 4) is 22.0 Å². The van der Waals surface area contributed by atoms with Crippen molar-refractivity contribution in [2.75, 3.05) is 6.61 Å². The highest BCUT2D eigenvalue weighted by molar-refractivity contribution is 7.46. The minimum Gasteiger partial charge on any atom is -0.339 e. The van der Waals surface area contributed by atoms with Gasteiger partial charge in [0.25, 0.3) is 0 Å². The van der Waals surface area contributed by atoms with Crippen LogP contribution in [0.2, 0.25) is 0 Å². The van der Waals surface area contributed by atoms with Gasteiger partial charge in [-0.3, -0.25) is 4.52 Å². The van der Waals surface area contributed by atoms with Gasteiger partial charge in [0, 0.05) is 17.5 Å². The summed E-state index contributed by atoms with van der Waals surface area (Å²) in [5.74, 6) is 1.18. The summed E-state index contributed by atoms with van der Waals surface area (Å²) in [5, 5.41) is 13.3. The summed E-state index contributed by atoms with van der Waals surface area (Å²) in [6.45, 7) is 3.36. The Morgan fingerprint density at radius 3 is 2.55 bits per heavy atom. The molecule has 31 heavy (non-hydrogen) atoms. The van der Waals surface area contributed by atoms with Crippen LogP contribution in [0.15, 0.2) is 28.8 Å². The van der Waals surface area contributed by atoms with E-state index in [2.05, 4.69) is 31.8 Å². The molecule has 4 N–H and O–H groups in total. The molecule has 0 saturated heterocycles. The van der Waals surface area contributed by atoms with Crippen LogP contribution < -0.4 is 5.73 Å². The van der Waals surface area contributed by atoms with Crippen molar-refractivity contribution < 1.29 is 23.4 Å². The van der Waals surface area contributed by atoms with E-state index in [1.807, 2.05) is 24.3 Å². The second kappa shape index (κ2) is 10.1. The lowest BCUT2D eigenvalue weighted by Gasteiger charge is -2.20. The van der Waals surface area contributed by atoms with Gasteiger partial charge in [0.2, 0.25) is 11.7 Å². The third-order valence-electron chi connectivity index (χ3n) is 4.55. The molecule has 0 bridgehead atoms. The number of aromatic nitrogens is 4. The maximum atomic E-state index is 10.9. The molecule has 1 atom stereocenters. The zero-order valence-electron chi connectivity index (χ0n) is 17.4. The van der Waals surface area contributed by atoms with Crippen molar-refractivity contribution in [3.05, 3.63) is 35.2 Å². The maximum absolute atomic E-state index is 10.9. The highest BCUT2D eigenvalue weighted by Crippen LogP contribution is 2.38. The summed E-state index contributed by atoms with van der Waals surface area (Å²) >= 11 is 1.23. The van der Waals surface area contributed by atoms with Crippen LogP contribution in [0.5, 0.6) is 0 Å². The fourth-order valence-electron chi connectivity index (χ4n) is 2.79. The molecule has 12 heteroatoms. The molecule has 0 aliphatic rings. The molecule has 3 rings (SSSR count). The Morgan fingerprint density at radius 1 is 1.16 bits per heavy atom. The number of phosphoric acid groups is 1. The summed E-state index contributed by atoms with van der Waals surface area (Å²) < 4.78 is 20.8. The first-order valence-corrected chi connectivity index (χ1v) is 12.3. The second-order valence-electron chi connectivity index (χ2n) is 7.49. The van der Waals surface area contributed by atoms with Gasteiger partial charge in [-0.2, -0.15) is 4.98 Å². The number of benzene rings is 1. The van der Waals surface area contributed by atoms with E-state index >= 15 is 0 Å². The first-order chi connectivity index (χ1) is 14.7. The lowest BCUT2D eigenvalue weighted by Crippen LogP contribution is -2.37. The molecule has 2 heterocycles. The largest absolute Gasteiger partial charge is 0.469 e. The molecule has 0 fully saturated rings. The minimum atomic E-state index is -4.62. The molecule has 0 unspecified atom stereocenters. The molecule has 0 aliphatic heterocycles. The van der Waals surface area contributed by atoms with Crippen LogP contribution >= 0.6 is 19.2 Å². The Morgan fingerprint density at radius 2 is 1.87 bits per heavy atom. The third-order valence-corrected chi connectivity index (χ3v) is 6.27. The zero-order chi connectivity index (χ0) is 22.5. The monoisotopic (exact) mass is 467 g/mol. The Bertz CT molecular complexity index is 1030. The standard InChI is InChI=1S/C19H26N5O5PS/c1-3-4-5-6-7-15-21-16(24-29-15)13-8-10-14(11-9-13)17-22-23-18(31-17)19(2,20)12-28-30(25,26)27/h8-11H,3-7,12,20H2,1-2H3,(H2,25,26,27)/t19-/m0/s1. The van der Waals surface area contributed by atoms with Crippen LogP contribution in [0.4, 0.5) is 0 Å². The summed E-state index contributed by atoms with van der Waals surface area (Å²) in [5.41, 5.74) is 6.57. The van der Waals surface area contributed by atoms with E-state index in [9.17, 15) is 4.57 Å². The third kappa shape index (κ3) is 6.73. The van der Waals surface area contributed by atoms with Crippen LogP contribution in [-0.2, 0) is 21.0 Å². The van der Waals surface area contributed by atoms with E-state index in [1.54, 1.807) is 6.92 Å². The average Bonchev–Trinajstić information content (AvgIpc) is 3.40. The van der Waals surface area contributed by atoms with Crippen molar-refractivity contribution in [1.29, 1.82) is 0 Å². The smallest absolute Gasteiger partial charge is 0.339 e. The molecular weight excluding hydrogens is 441 g/mol. The summed E-state index contributed by atoms with van der Waals surface area (Å²) in [7, 11) is -4.62. The van der Waals surface area contributed by atoms with Gasteiger partial charge >= 0.3 is 7.82 Å². The molecule has 10 nitrogen and oxygen atoms in total. The topological polar surface area (TPSA) is 157 Å². The van der Waals surface area contributed by atoms with Gasteiger partial charge in [-0.15, -0.1) is 10.2 Å². The number of aryl methyl sites for hydroxylation is 1. The van der Waals surface area contributed by atoms with Gasteiger partial charge < -0.3 is 20.0 Å². The first-order valence-electron chi connectivity index (χ1n) is 9.94. The Kier molecular flexibility index (Phi) is 7.68. The number of hydrogen-bond acceptors (Lipinski definition) is 9. The van der Waals surface area contributed by atoms with Crippen LogP contribution in [0.25, 0.3) is 22.0 Å². The summed E-state index contributed by atoms with van der Waals surface area (Å²) in [4.78, 5) is 22.2. The van der Waals surface area contributed by atoms with Crippen LogP contribution in [0.3, 0.4) is 0 Å². The van der Waals surface area contributed by atoms with Gasteiger partial charge in [-0.1, -0.05) is 66.9 Å². The lowest BCUT2D eigenvalue weighted by molar-refractivity contribution is 0.158. The van der Waals surface area contributed by atoms with Gasteiger partial charge in [-0.05, 0) is 13.3 Å². The number of rotatable bonds is 11. The average molecular weight is 467 g/mol. The predicted octanol–water partition coefficient (Wildman–Crippen LogP) is 3.66. The molecule has 0 amide bonds. The summed E-state index contributed by atoms with van der Waals surface area (Å²) in [6.07, 6.45) is 5.36. The Balaban J connectivity index is 1.66. The summed E-state index contributed by atoms with van der Waals surface area (Å²) in [6, 6.07) is 7.50. The van der Waals surface area contributed by atoms with Crippen LogP contribution in [0.1, 0.15) is 50.4 Å². The highest BCUT2D eigenvalue weighted by atomic mass is 32.1. The number of nitrogens with zero attached hydrogens (tertiary/aromatic N) is 4. The first kappa shape index (κ1) is 23.6. The van der Waals surface area contributed by atoms with E-state index in [4.69, 9.17) is 20.0 Å². The van der Waals surface area contributed by atoms with E-state index in [0.29, 0.717) is 21.7 Å². The Hall–Kier alpha value is -2.01. The van der Waals surface area contributed by atoms with Crippen molar-refractivity contribution in [2.45, 2.75) is 51.5 Å². The fraction of sp³-hybridized carbons (Fsp3) is 0.474.